The highest BCUT2D eigenvalue weighted by Gasteiger charge is 2.30. The Kier molecular flexibility index (Phi) is 5.10. The first-order chi connectivity index (χ1) is 9.56. The topological polar surface area (TPSA) is 46.6 Å². The summed E-state index contributed by atoms with van der Waals surface area (Å²) < 4.78 is 5.67. The first-order valence-electron chi connectivity index (χ1n) is 6.44. The number of esters is 1. The maximum absolute atomic E-state index is 12.0. The predicted molar refractivity (Wildman–Crippen MR) is 84.4 cm³/mol. The molecule has 1 atom stereocenters. The van der Waals surface area contributed by atoms with Gasteiger partial charge in [0, 0.05) is 17.4 Å². The fourth-order valence-electron chi connectivity index (χ4n) is 2.20. The molecule has 1 unspecified atom stereocenters. The molecule has 0 bridgehead atoms. The van der Waals surface area contributed by atoms with Crippen molar-refractivity contribution < 1.29 is 14.3 Å². The van der Waals surface area contributed by atoms with Crippen molar-refractivity contribution in [1.82, 2.24) is 0 Å². The van der Waals surface area contributed by atoms with E-state index in [0.29, 0.717) is 30.9 Å². The lowest BCUT2D eigenvalue weighted by Crippen LogP contribution is -2.25. The van der Waals surface area contributed by atoms with Crippen LogP contribution in [0.1, 0.15) is 23.7 Å². The second-order valence-corrected chi connectivity index (χ2v) is 5.86. The summed E-state index contributed by atoms with van der Waals surface area (Å²) in [5.41, 5.74) is 1.26. The Bertz CT molecular complexity index is 535. The van der Waals surface area contributed by atoms with Crippen LogP contribution in [0.15, 0.2) is 22.7 Å². The van der Waals surface area contributed by atoms with Crippen molar-refractivity contribution in [3.63, 3.8) is 0 Å². The fourth-order valence-corrected chi connectivity index (χ4v) is 3.04. The Balaban J connectivity index is 2.22. The summed E-state index contributed by atoms with van der Waals surface area (Å²) in [6.45, 7) is 2.77. The van der Waals surface area contributed by atoms with E-state index < -0.39 is 0 Å². The van der Waals surface area contributed by atoms with E-state index in [1.807, 2.05) is 0 Å². The van der Waals surface area contributed by atoms with Crippen LogP contribution in [0.5, 0.6) is 0 Å². The number of ether oxygens (including phenoxy) is 1. The van der Waals surface area contributed by atoms with Gasteiger partial charge in [-0.3, -0.25) is 4.79 Å². The molecule has 1 aliphatic heterocycles. The summed E-state index contributed by atoms with van der Waals surface area (Å²) in [6, 6.07) is 5.14. The molecular formula is C14H16BrNO3S. The van der Waals surface area contributed by atoms with Gasteiger partial charge in [-0.25, -0.2) is 4.79 Å². The van der Waals surface area contributed by atoms with E-state index in [4.69, 9.17) is 4.74 Å². The summed E-state index contributed by atoms with van der Waals surface area (Å²) in [5, 5.41) is 0. The third-order valence-electron chi connectivity index (χ3n) is 3.21. The van der Waals surface area contributed by atoms with E-state index in [-0.39, 0.29) is 17.8 Å². The highest BCUT2D eigenvalue weighted by atomic mass is 79.9. The molecule has 108 valence electrons. The van der Waals surface area contributed by atoms with Crippen molar-refractivity contribution >= 4 is 46.1 Å². The zero-order chi connectivity index (χ0) is 14.7. The van der Waals surface area contributed by atoms with Gasteiger partial charge < -0.3 is 9.64 Å². The Morgan fingerprint density at radius 2 is 2.30 bits per heavy atom. The minimum absolute atomic E-state index is 0.0913. The average molecular weight is 358 g/mol. The van der Waals surface area contributed by atoms with Crippen molar-refractivity contribution in [2.75, 3.05) is 23.8 Å². The van der Waals surface area contributed by atoms with Gasteiger partial charge in [0.2, 0.25) is 5.91 Å². The van der Waals surface area contributed by atoms with Crippen LogP contribution in [0.2, 0.25) is 0 Å². The summed E-state index contributed by atoms with van der Waals surface area (Å²) in [5.74, 6) is 0.706. The molecule has 1 aliphatic rings. The Morgan fingerprint density at radius 3 is 2.85 bits per heavy atom. The van der Waals surface area contributed by atoms with E-state index >= 15 is 0 Å². The average Bonchev–Trinajstić information content (AvgIpc) is 2.80. The van der Waals surface area contributed by atoms with Gasteiger partial charge >= 0.3 is 5.97 Å². The van der Waals surface area contributed by atoms with Crippen molar-refractivity contribution in [2.45, 2.75) is 13.3 Å². The van der Waals surface area contributed by atoms with E-state index in [1.54, 1.807) is 30.0 Å². The number of halogens is 1. The number of amides is 1. The molecule has 0 spiro atoms. The minimum Gasteiger partial charge on any atom is -0.462 e. The number of carbonyl (C=O) groups is 2. The second-order valence-electron chi connectivity index (χ2n) is 4.64. The van der Waals surface area contributed by atoms with Gasteiger partial charge in [-0.15, -0.1) is 0 Å². The van der Waals surface area contributed by atoms with Crippen molar-refractivity contribution in [2.24, 2.45) is 5.92 Å². The summed E-state index contributed by atoms with van der Waals surface area (Å²) in [7, 11) is 0. The minimum atomic E-state index is -0.360. The maximum atomic E-state index is 12.0. The van der Waals surface area contributed by atoms with Gasteiger partial charge in [0.1, 0.15) is 0 Å². The number of hydrogen-bond acceptors (Lipinski definition) is 4. The molecule has 1 heterocycles. The largest absolute Gasteiger partial charge is 0.462 e. The lowest BCUT2D eigenvalue weighted by molar-refractivity contribution is -0.117. The number of hydrogen-bond donors (Lipinski definition) is 1. The molecule has 4 nitrogen and oxygen atoms in total. The summed E-state index contributed by atoms with van der Waals surface area (Å²) >= 11 is 7.68. The molecule has 1 aromatic carbocycles. The fraction of sp³-hybridized carbons (Fsp3) is 0.429. The number of thiol groups is 1. The molecule has 0 radical (unpaired) electrons. The number of nitrogens with zero attached hydrogens (tertiary/aromatic N) is 1. The third-order valence-corrected chi connectivity index (χ3v) is 4.36. The molecule has 0 N–H and O–H groups in total. The van der Waals surface area contributed by atoms with Gasteiger partial charge in [0.15, 0.2) is 0 Å². The molecule has 1 fully saturated rings. The van der Waals surface area contributed by atoms with Gasteiger partial charge in [0.25, 0.3) is 0 Å². The van der Waals surface area contributed by atoms with E-state index in [9.17, 15) is 9.59 Å². The quantitative estimate of drug-likeness (QED) is 0.665. The van der Waals surface area contributed by atoms with Gasteiger partial charge in [-0.2, -0.15) is 12.6 Å². The van der Waals surface area contributed by atoms with E-state index in [0.717, 1.165) is 10.2 Å². The smallest absolute Gasteiger partial charge is 0.338 e. The van der Waals surface area contributed by atoms with Gasteiger partial charge in [0.05, 0.1) is 17.9 Å². The van der Waals surface area contributed by atoms with Crippen LogP contribution in [0.3, 0.4) is 0 Å². The number of benzene rings is 1. The Morgan fingerprint density at radius 1 is 1.55 bits per heavy atom. The normalized spacial score (nSPS) is 18.4. The van der Waals surface area contributed by atoms with E-state index in [1.165, 1.54) is 0 Å². The van der Waals surface area contributed by atoms with Crippen LogP contribution in [-0.2, 0) is 9.53 Å². The first-order valence-corrected chi connectivity index (χ1v) is 7.87. The van der Waals surface area contributed by atoms with Crippen LogP contribution in [0, 0.1) is 5.92 Å². The van der Waals surface area contributed by atoms with Crippen LogP contribution in [-0.4, -0.2) is 30.8 Å². The Hall–Kier alpha value is -1.01. The predicted octanol–water partition coefficient (Wildman–Crippen LogP) is 2.91. The van der Waals surface area contributed by atoms with Gasteiger partial charge in [-0.1, -0.05) is 0 Å². The molecule has 6 heteroatoms. The summed E-state index contributed by atoms with van der Waals surface area (Å²) in [6.07, 6.45) is 0.523. The van der Waals surface area contributed by atoms with Gasteiger partial charge in [-0.05, 0) is 52.7 Å². The molecule has 1 saturated heterocycles. The molecule has 0 aromatic heterocycles. The monoisotopic (exact) mass is 357 g/mol. The molecule has 1 aromatic rings. The number of anilines is 1. The summed E-state index contributed by atoms with van der Waals surface area (Å²) in [4.78, 5) is 25.4. The number of carbonyl (C=O) groups excluding carboxylic acids is 2. The van der Waals surface area contributed by atoms with Crippen LogP contribution >= 0.6 is 28.6 Å². The lowest BCUT2D eigenvalue weighted by Gasteiger charge is -2.18. The first kappa shape index (κ1) is 15.4. The SMILES string of the molecule is CCOC(=O)c1ccc(N2CC(CS)CC2=O)c(Br)c1. The molecule has 0 aliphatic carbocycles. The number of rotatable bonds is 4. The van der Waals surface area contributed by atoms with Crippen LogP contribution in [0.4, 0.5) is 5.69 Å². The highest BCUT2D eigenvalue weighted by Crippen LogP contribution is 2.32. The molecule has 1 amide bonds. The molecule has 2 rings (SSSR count). The van der Waals surface area contributed by atoms with Crippen LogP contribution < -0.4 is 4.90 Å². The molecule has 0 saturated carbocycles. The third kappa shape index (κ3) is 3.17. The van der Waals surface area contributed by atoms with Crippen molar-refractivity contribution in [3.8, 4) is 0 Å². The Labute approximate surface area is 132 Å². The van der Waals surface area contributed by atoms with Crippen molar-refractivity contribution in [1.29, 1.82) is 0 Å². The zero-order valence-corrected chi connectivity index (χ0v) is 13.6. The highest BCUT2D eigenvalue weighted by molar-refractivity contribution is 9.10. The van der Waals surface area contributed by atoms with Crippen molar-refractivity contribution in [3.05, 3.63) is 28.2 Å². The standard InChI is InChI=1S/C14H16BrNO3S/c1-2-19-14(18)10-3-4-12(11(15)6-10)16-7-9(8-20)5-13(16)17/h3-4,6,9,20H,2,5,7-8H2,1H3. The molecule has 20 heavy (non-hydrogen) atoms. The lowest BCUT2D eigenvalue weighted by atomic mass is 10.1. The second kappa shape index (κ2) is 6.63. The molecular weight excluding hydrogens is 342 g/mol. The zero-order valence-electron chi connectivity index (χ0n) is 11.1. The maximum Gasteiger partial charge on any atom is 0.338 e. The van der Waals surface area contributed by atoms with E-state index in [2.05, 4.69) is 28.6 Å². The van der Waals surface area contributed by atoms with Crippen LogP contribution in [0.25, 0.3) is 0 Å².